The summed E-state index contributed by atoms with van der Waals surface area (Å²) in [6.45, 7) is 0. The van der Waals surface area contributed by atoms with Gasteiger partial charge in [-0.15, -0.1) is 0 Å². The lowest BCUT2D eigenvalue weighted by atomic mass is 9.80. The Bertz CT molecular complexity index is 6970. The highest BCUT2D eigenvalue weighted by Gasteiger charge is 2.20. The van der Waals surface area contributed by atoms with Gasteiger partial charge < -0.3 is 37.2 Å². The van der Waals surface area contributed by atoms with Crippen LogP contribution >= 0.6 is 15.9 Å². The molecule has 0 bridgehead atoms. The lowest BCUT2D eigenvalue weighted by Crippen LogP contribution is -2.29. The molecule has 6 heterocycles. The molecule has 8 nitrogen and oxygen atoms in total. The number of fused-ring (bicyclic) bond motifs is 18. The minimum Gasteiger partial charge on any atom is -0.456 e. The second-order valence-electron chi connectivity index (χ2n) is 27.1. The van der Waals surface area contributed by atoms with Crippen molar-refractivity contribution in [1.29, 1.82) is 0 Å². The molecule has 6 aromatic heterocycles. The van der Waals surface area contributed by atoms with Crippen molar-refractivity contribution in [2.45, 2.75) is 0 Å². The molecule has 0 aliphatic carbocycles. The Morgan fingerprint density at radius 1 is 0.208 bits per heavy atom. The molecule has 22 aromatic rings. The number of nitrogens with zero attached hydrogens (tertiary/aromatic N) is 4. The summed E-state index contributed by atoms with van der Waals surface area (Å²) in [7, 11) is -1.44. The maximum absolute atomic E-state index is 9.25. The molecule has 500 valence electrons. The Balaban J connectivity index is 0.000000115. The van der Waals surface area contributed by atoms with Crippen LogP contribution < -0.4 is 5.46 Å². The Labute approximate surface area is 617 Å². The fraction of sp³-hybridized carbons (Fsp3) is 0. The van der Waals surface area contributed by atoms with E-state index in [4.69, 9.17) is 8.83 Å². The van der Waals surface area contributed by atoms with E-state index in [0.717, 1.165) is 82.2 Å². The van der Waals surface area contributed by atoms with Gasteiger partial charge >= 0.3 is 7.12 Å². The van der Waals surface area contributed by atoms with E-state index in [9.17, 15) is 10.0 Å². The molecular weight excluding hydrogens is 1360 g/mol. The molecule has 0 saturated carbocycles. The van der Waals surface area contributed by atoms with Crippen molar-refractivity contribution in [3.63, 3.8) is 0 Å². The first-order chi connectivity index (χ1) is 52.3. The van der Waals surface area contributed by atoms with Crippen molar-refractivity contribution < 1.29 is 18.9 Å². The topological polar surface area (TPSA) is 86.5 Å². The number of halogens is 1. The minimum atomic E-state index is -1.44. The monoisotopic (exact) mass is 1420 g/mol. The SMILES string of the molecule is Brc1ccc2oc3ccc(-n4c5ccccc5c5ccccc54)cc3c2c1.OB(O)c1ccc(-c2ccc(-n3c4ccccc4c4ccccc43)cc2)cc1.c1ccc2c(c1)c1ccccc1n2-c1ccc(-c2ccc(-c3ccc4oc5ccc(-n6c7ccccc7c7ccccc76)cc5c4c3)cc2)cc1. The van der Waals surface area contributed by atoms with Crippen LogP contribution in [0, 0.1) is 0 Å². The number of benzene rings is 16. The molecule has 22 rings (SSSR count). The summed E-state index contributed by atoms with van der Waals surface area (Å²) in [5, 5.41) is 33.1. The molecule has 106 heavy (non-hydrogen) atoms. The predicted molar refractivity (Wildman–Crippen MR) is 445 cm³/mol. The Morgan fingerprint density at radius 3 is 0.755 bits per heavy atom. The van der Waals surface area contributed by atoms with Gasteiger partial charge in [-0.1, -0.05) is 240 Å². The summed E-state index contributed by atoms with van der Waals surface area (Å²) in [6, 6.07) is 128. The first-order valence-corrected chi connectivity index (χ1v) is 36.4. The third-order valence-electron chi connectivity index (χ3n) is 21.0. The Morgan fingerprint density at radius 2 is 0.434 bits per heavy atom. The highest BCUT2D eigenvalue weighted by Crippen LogP contribution is 2.41. The number of hydrogen-bond acceptors (Lipinski definition) is 4. The zero-order chi connectivity index (χ0) is 70.5. The summed E-state index contributed by atoms with van der Waals surface area (Å²) in [6.07, 6.45) is 0. The van der Waals surface area contributed by atoms with Crippen LogP contribution in [0.5, 0.6) is 0 Å². The second kappa shape index (κ2) is 25.6. The van der Waals surface area contributed by atoms with Gasteiger partial charge in [-0.2, -0.15) is 0 Å². The molecular formula is C96H62BBrN4O4. The van der Waals surface area contributed by atoms with Crippen LogP contribution in [0.4, 0.5) is 0 Å². The molecule has 0 aliphatic rings. The van der Waals surface area contributed by atoms with Crippen LogP contribution in [0.1, 0.15) is 0 Å². The summed E-state index contributed by atoms with van der Waals surface area (Å²) in [5.41, 5.74) is 25.2. The zero-order valence-corrected chi connectivity index (χ0v) is 58.7. The Hall–Kier alpha value is -13.2. The lowest BCUT2D eigenvalue weighted by Gasteiger charge is -2.10. The summed E-state index contributed by atoms with van der Waals surface area (Å²) < 4.78 is 22.8. The normalized spacial score (nSPS) is 11.7. The smallest absolute Gasteiger partial charge is 0.456 e. The van der Waals surface area contributed by atoms with Crippen LogP contribution in [0.2, 0.25) is 0 Å². The molecule has 10 heteroatoms. The van der Waals surface area contributed by atoms with Crippen molar-refractivity contribution in [2.75, 3.05) is 0 Å². The highest BCUT2D eigenvalue weighted by molar-refractivity contribution is 9.10. The molecule has 0 atom stereocenters. The standard InChI is InChI=1S/C48H30N2O.C24H18BNO2.C24H14BrNO/c1-5-13-43-37(9-1)38-10-2-6-14-44(38)49(43)35-24-21-32(22-25-35)31-17-19-33(20-18-31)34-23-27-47-41(29-34)42-30-36(26-28-48(42)51-47)50-45-15-7-3-11-39(45)40-12-4-8-16-46(40)50;27-25(28)19-13-9-17(10-14-19)18-11-15-20(16-12-18)26-23-7-3-1-5-21(23)22-6-2-4-8-24(22)26;25-15-9-11-23-19(13-15)20-14-16(10-12-24(20)27-23)26-21-7-3-1-5-17(21)18-6-2-4-8-22(18)26/h1-30H;1-16,27-28H;1-14H. The van der Waals surface area contributed by atoms with Gasteiger partial charge in [-0.05, 0) is 178 Å². The molecule has 0 amide bonds. The average molecular weight is 1430 g/mol. The van der Waals surface area contributed by atoms with E-state index in [-0.39, 0.29) is 0 Å². The van der Waals surface area contributed by atoms with E-state index in [0.29, 0.717) is 5.46 Å². The molecule has 0 fully saturated rings. The van der Waals surface area contributed by atoms with Gasteiger partial charge in [-0.3, -0.25) is 0 Å². The molecule has 16 aromatic carbocycles. The maximum Gasteiger partial charge on any atom is 0.488 e. The van der Waals surface area contributed by atoms with Gasteiger partial charge in [0.2, 0.25) is 0 Å². The summed E-state index contributed by atoms with van der Waals surface area (Å²) in [4.78, 5) is 0. The van der Waals surface area contributed by atoms with Gasteiger partial charge in [0.05, 0.1) is 44.1 Å². The van der Waals surface area contributed by atoms with Crippen LogP contribution in [0.25, 0.3) is 187 Å². The van der Waals surface area contributed by atoms with E-state index in [2.05, 4.69) is 362 Å². The Kier molecular flexibility index (Phi) is 15.1. The maximum atomic E-state index is 9.25. The largest absolute Gasteiger partial charge is 0.488 e. The summed E-state index contributed by atoms with van der Waals surface area (Å²) >= 11 is 3.58. The van der Waals surface area contributed by atoms with E-state index < -0.39 is 7.12 Å². The number of aromatic nitrogens is 4. The van der Waals surface area contributed by atoms with E-state index >= 15 is 0 Å². The molecule has 0 saturated heterocycles. The first-order valence-electron chi connectivity index (χ1n) is 35.6. The first kappa shape index (κ1) is 62.6. The van der Waals surface area contributed by atoms with Crippen LogP contribution in [-0.2, 0) is 0 Å². The van der Waals surface area contributed by atoms with Gasteiger partial charge in [0.25, 0.3) is 0 Å². The molecule has 0 radical (unpaired) electrons. The minimum absolute atomic E-state index is 0.491. The van der Waals surface area contributed by atoms with E-state index in [1.165, 1.54) is 109 Å². The number of rotatable bonds is 8. The lowest BCUT2D eigenvalue weighted by molar-refractivity contribution is 0.426. The van der Waals surface area contributed by atoms with Gasteiger partial charge in [0.15, 0.2) is 0 Å². The zero-order valence-electron chi connectivity index (χ0n) is 57.1. The number of hydrogen-bond donors (Lipinski definition) is 2. The quantitative estimate of drug-likeness (QED) is 0.148. The van der Waals surface area contributed by atoms with Crippen molar-refractivity contribution in [2.24, 2.45) is 0 Å². The van der Waals surface area contributed by atoms with Crippen LogP contribution in [0.15, 0.2) is 377 Å². The third kappa shape index (κ3) is 10.6. The van der Waals surface area contributed by atoms with Gasteiger partial charge in [0, 0.05) is 91.9 Å². The highest BCUT2D eigenvalue weighted by atomic mass is 79.9. The van der Waals surface area contributed by atoms with Crippen molar-refractivity contribution >= 4 is 160 Å². The van der Waals surface area contributed by atoms with Crippen molar-refractivity contribution in [1.82, 2.24) is 18.3 Å². The molecule has 0 aliphatic heterocycles. The fourth-order valence-corrected chi connectivity index (χ4v) is 16.4. The van der Waals surface area contributed by atoms with Gasteiger partial charge in [-0.25, -0.2) is 0 Å². The number of furan rings is 2. The third-order valence-corrected chi connectivity index (χ3v) is 21.5. The average Bonchev–Trinajstić information content (AvgIpc) is 1.61. The van der Waals surface area contributed by atoms with Crippen molar-refractivity contribution in [3.05, 3.63) is 368 Å². The molecule has 0 unspecified atom stereocenters. The van der Waals surface area contributed by atoms with Crippen molar-refractivity contribution in [3.8, 4) is 56.1 Å². The fourth-order valence-electron chi connectivity index (χ4n) is 16.1. The van der Waals surface area contributed by atoms with Crippen LogP contribution in [0.3, 0.4) is 0 Å². The second-order valence-corrected chi connectivity index (χ2v) is 28.0. The summed E-state index contributed by atoms with van der Waals surface area (Å²) in [5.74, 6) is 0. The van der Waals surface area contributed by atoms with E-state index in [1.807, 2.05) is 24.3 Å². The van der Waals surface area contributed by atoms with E-state index in [1.54, 1.807) is 12.1 Å². The van der Waals surface area contributed by atoms with Crippen LogP contribution in [-0.4, -0.2) is 35.4 Å². The van der Waals surface area contributed by atoms with Gasteiger partial charge in [0.1, 0.15) is 22.3 Å². The molecule has 0 spiro atoms. The predicted octanol–water partition coefficient (Wildman–Crippen LogP) is 24.7. The molecule has 2 N–H and O–H groups in total. The number of para-hydroxylation sites is 8.